The summed E-state index contributed by atoms with van der Waals surface area (Å²) in [7, 11) is 0. The van der Waals surface area contributed by atoms with Gasteiger partial charge in [-0.1, -0.05) is 17.7 Å². The molecule has 0 aliphatic carbocycles. The maximum absolute atomic E-state index is 10.6. The van der Waals surface area contributed by atoms with E-state index in [2.05, 4.69) is 4.98 Å². The number of hydrogen-bond acceptors (Lipinski definition) is 5. The van der Waals surface area contributed by atoms with Crippen molar-refractivity contribution in [3.63, 3.8) is 0 Å². The smallest absolute Gasteiger partial charge is 0.292 e. The van der Waals surface area contributed by atoms with Crippen LogP contribution in [0.3, 0.4) is 0 Å². The minimum Gasteiger partial charge on any atom is -0.393 e. The molecule has 19 heavy (non-hydrogen) atoms. The molecular formula is C12H10ClN3O2S. The molecule has 2 N–H and O–H groups in total. The number of aromatic nitrogens is 1. The number of nitrogens with two attached hydrogens (primary N) is 1. The van der Waals surface area contributed by atoms with Crippen LogP contribution in [0.4, 0.5) is 11.4 Å². The van der Waals surface area contributed by atoms with E-state index in [-0.39, 0.29) is 11.4 Å². The van der Waals surface area contributed by atoms with E-state index in [1.165, 1.54) is 17.8 Å². The third-order valence-electron chi connectivity index (χ3n) is 2.38. The Labute approximate surface area is 118 Å². The summed E-state index contributed by atoms with van der Waals surface area (Å²) in [4.78, 5) is 14.3. The van der Waals surface area contributed by atoms with Crippen molar-refractivity contribution in [1.82, 2.24) is 4.98 Å². The Morgan fingerprint density at radius 1 is 1.37 bits per heavy atom. The fraction of sp³-hybridized carbons (Fsp3) is 0.0833. The maximum atomic E-state index is 10.6. The van der Waals surface area contributed by atoms with Gasteiger partial charge in [0, 0.05) is 18.0 Å². The Balaban J connectivity index is 2.06. The summed E-state index contributed by atoms with van der Waals surface area (Å²) in [5.74, 6) is 0.636. The first-order valence-electron chi connectivity index (χ1n) is 5.33. The van der Waals surface area contributed by atoms with Gasteiger partial charge in [-0.2, -0.15) is 0 Å². The van der Waals surface area contributed by atoms with Crippen molar-refractivity contribution >= 4 is 34.7 Å². The molecule has 0 fully saturated rings. The molecule has 0 saturated carbocycles. The van der Waals surface area contributed by atoms with Crippen molar-refractivity contribution < 1.29 is 4.92 Å². The van der Waals surface area contributed by atoms with Crippen LogP contribution < -0.4 is 5.73 Å². The molecule has 0 amide bonds. The van der Waals surface area contributed by atoms with Crippen LogP contribution in [0, 0.1) is 10.1 Å². The molecule has 0 spiro atoms. The highest BCUT2D eigenvalue weighted by atomic mass is 35.5. The Bertz CT molecular complexity index is 604. The van der Waals surface area contributed by atoms with Gasteiger partial charge in [-0.15, -0.1) is 11.8 Å². The molecule has 98 valence electrons. The van der Waals surface area contributed by atoms with E-state index in [0.29, 0.717) is 10.8 Å². The van der Waals surface area contributed by atoms with E-state index in [4.69, 9.17) is 17.3 Å². The molecule has 7 heteroatoms. The summed E-state index contributed by atoms with van der Waals surface area (Å²) in [5, 5.41) is 12.1. The van der Waals surface area contributed by atoms with Crippen molar-refractivity contribution in [1.29, 1.82) is 0 Å². The van der Waals surface area contributed by atoms with E-state index in [9.17, 15) is 10.1 Å². The van der Waals surface area contributed by atoms with Gasteiger partial charge in [0.15, 0.2) is 0 Å². The van der Waals surface area contributed by atoms with Crippen LogP contribution in [0.5, 0.6) is 0 Å². The topological polar surface area (TPSA) is 82.0 Å². The van der Waals surface area contributed by atoms with Crippen molar-refractivity contribution in [3.05, 3.63) is 57.2 Å². The third-order valence-corrected chi connectivity index (χ3v) is 3.61. The van der Waals surface area contributed by atoms with Crippen LogP contribution in [0.1, 0.15) is 5.56 Å². The predicted octanol–water partition coefficient (Wildman–Crippen LogP) is 3.52. The number of pyridine rings is 1. The lowest BCUT2D eigenvalue weighted by Gasteiger charge is -2.03. The van der Waals surface area contributed by atoms with Crippen LogP contribution in [-0.2, 0) is 5.75 Å². The van der Waals surface area contributed by atoms with Gasteiger partial charge >= 0.3 is 0 Å². The number of benzene rings is 1. The van der Waals surface area contributed by atoms with E-state index in [1.54, 1.807) is 24.4 Å². The molecular weight excluding hydrogens is 286 g/mol. The monoisotopic (exact) mass is 295 g/mol. The van der Waals surface area contributed by atoms with Gasteiger partial charge < -0.3 is 5.73 Å². The van der Waals surface area contributed by atoms with Crippen molar-refractivity contribution in [2.75, 3.05) is 5.73 Å². The molecule has 0 unspecified atom stereocenters. The van der Waals surface area contributed by atoms with E-state index in [1.807, 2.05) is 6.07 Å². The number of nitro groups is 1. The minimum atomic E-state index is -0.493. The summed E-state index contributed by atoms with van der Waals surface area (Å²) in [6, 6.07) is 8.31. The predicted molar refractivity (Wildman–Crippen MR) is 76.3 cm³/mol. The number of anilines is 1. The number of nitro benzene ring substituents is 1. The molecule has 0 saturated heterocycles. The highest BCUT2D eigenvalue weighted by Crippen LogP contribution is 2.26. The molecule has 0 bridgehead atoms. The van der Waals surface area contributed by atoms with Gasteiger partial charge in [0.1, 0.15) is 5.69 Å². The lowest BCUT2D eigenvalue weighted by molar-refractivity contribution is -0.383. The zero-order valence-corrected chi connectivity index (χ0v) is 11.3. The fourth-order valence-corrected chi connectivity index (χ4v) is 2.36. The number of rotatable bonds is 4. The van der Waals surface area contributed by atoms with Gasteiger partial charge in [-0.05, 0) is 23.8 Å². The van der Waals surface area contributed by atoms with Gasteiger partial charge in [0.25, 0.3) is 5.69 Å². The van der Waals surface area contributed by atoms with Crippen molar-refractivity contribution in [2.45, 2.75) is 10.8 Å². The van der Waals surface area contributed by atoms with Crippen LogP contribution in [0.25, 0.3) is 0 Å². The van der Waals surface area contributed by atoms with E-state index < -0.39 is 4.92 Å². The summed E-state index contributed by atoms with van der Waals surface area (Å²) < 4.78 is 0. The lowest BCUT2D eigenvalue weighted by atomic mass is 10.2. The zero-order chi connectivity index (χ0) is 13.8. The molecule has 0 aliphatic heterocycles. The van der Waals surface area contributed by atoms with E-state index >= 15 is 0 Å². The van der Waals surface area contributed by atoms with Gasteiger partial charge in [0.2, 0.25) is 0 Å². The standard InChI is InChI=1S/C12H10ClN3O2S/c13-9-2-4-12(15-6-9)19-7-8-1-3-11(16(17)18)10(14)5-8/h1-6H,7,14H2. The summed E-state index contributed by atoms with van der Waals surface area (Å²) in [6.45, 7) is 0. The highest BCUT2D eigenvalue weighted by Gasteiger charge is 2.11. The molecule has 1 aromatic carbocycles. The zero-order valence-electron chi connectivity index (χ0n) is 9.75. The summed E-state index contributed by atoms with van der Waals surface area (Å²) in [6.07, 6.45) is 1.58. The molecule has 2 aromatic rings. The van der Waals surface area contributed by atoms with E-state index in [0.717, 1.165) is 10.6 Å². The first-order chi connectivity index (χ1) is 9.06. The van der Waals surface area contributed by atoms with Gasteiger partial charge in [-0.3, -0.25) is 10.1 Å². The summed E-state index contributed by atoms with van der Waals surface area (Å²) in [5.41, 5.74) is 6.64. The quantitative estimate of drug-likeness (QED) is 0.404. The molecule has 5 nitrogen and oxygen atoms in total. The van der Waals surface area contributed by atoms with Gasteiger partial charge in [-0.25, -0.2) is 4.98 Å². The minimum absolute atomic E-state index is 0.0710. The SMILES string of the molecule is Nc1cc(CSc2ccc(Cl)cn2)ccc1[N+](=O)[O-]. The number of thioether (sulfide) groups is 1. The number of nitrogens with zero attached hydrogens (tertiary/aromatic N) is 2. The number of nitrogen functional groups attached to an aromatic ring is 1. The molecule has 0 radical (unpaired) electrons. The Kier molecular flexibility index (Phi) is 4.24. The van der Waals surface area contributed by atoms with Crippen molar-refractivity contribution in [3.8, 4) is 0 Å². The van der Waals surface area contributed by atoms with Crippen molar-refractivity contribution in [2.24, 2.45) is 0 Å². The Hall–Kier alpha value is -1.79. The van der Waals surface area contributed by atoms with Crippen LogP contribution in [0.15, 0.2) is 41.6 Å². The Morgan fingerprint density at radius 3 is 2.74 bits per heavy atom. The molecule has 2 rings (SSSR count). The second kappa shape index (κ2) is 5.90. The highest BCUT2D eigenvalue weighted by molar-refractivity contribution is 7.98. The first-order valence-corrected chi connectivity index (χ1v) is 6.70. The van der Waals surface area contributed by atoms with Crippen LogP contribution >= 0.6 is 23.4 Å². The molecule has 0 atom stereocenters. The third kappa shape index (κ3) is 3.59. The molecule has 0 aliphatic rings. The average Bonchev–Trinajstić information content (AvgIpc) is 2.37. The average molecular weight is 296 g/mol. The number of halogens is 1. The Morgan fingerprint density at radius 2 is 2.16 bits per heavy atom. The lowest BCUT2D eigenvalue weighted by Crippen LogP contribution is -1.96. The largest absolute Gasteiger partial charge is 0.393 e. The molecule has 1 aromatic heterocycles. The maximum Gasteiger partial charge on any atom is 0.292 e. The van der Waals surface area contributed by atoms with Gasteiger partial charge in [0.05, 0.1) is 15.0 Å². The van der Waals surface area contributed by atoms with Crippen LogP contribution in [0.2, 0.25) is 5.02 Å². The number of hydrogen-bond donors (Lipinski definition) is 1. The fourth-order valence-electron chi connectivity index (χ4n) is 1.46. The normalized spacial score (nSPS) is 10.4. The second-order valence-corrected chi connectivity index (χ2v) is 5.19. The molecule has 1 heterocycles. The first kappa shape index (κ1) is 13.6. The summed E-state index contributed by atoms with van der Waals surface area (Å²) >= 11 is 7.25. The second-order valence-electron chi connectivity index (χ2n) is 3.75. The van der Waals surface area contributed by atoms with Crippen LogP contribution in [-0.4, -0.2) is 9.91 Å².